The Labute approximate surface area is 163 Å². The van der Waals surface area contributed by atoms with Crippen LogP contribution in [0.15, 0.2) is 12.2 Å². The van der Waals surface area contributed by atoms with Gasteiger partial charge >= 0.3 is 11.9 Å². The standard InChI is InChI=1S/C21H37NO5/c1-2-3-4-5-6-7-8-9-10-11-12-13-14-15-16-19(23)22-18(21(26)27)17-20(24)25/h8-9,18H,2-7,10-17H2,1H3,(H,22,23)(H,24,25)(H,26,27)/b9-8-/t18-/m0/s1. The maximum atomic E-state index is 11.7. The molecule has 0 bridgehead atoms. The minimum atomic E-state index is -1.35. The zero-order valence-electron chi connectivity index (χ0n) is 16.8. The molecule has 0 fully saturated rings. The van der Waals surface area contributed by atoms with Gasteiger partial charge in [-0.25, -0.2) is 4.79 Å². The second-order valence-electron chi connectivity index (χ2n) is 7.04. The summed E-state index contributed by atoms with van der Waals surface area (Å²) in [5, 5.41) is 19.8. The molecule has 0 saturated carbocycles. The van der Waals surface area contributed by atoms with Gasteiger partial charge in [0.1, 0.15) is 6.04 Å². The lowest BCUT2D eigenvalue weighted by molar-refractivity contribution is -0.147. The van der Waals surface area contributed by atoms with Gasteiger partial charge in [-0.1, -0.05) is 64.0 Å². The summed E-state index contributed by atoms with van der Waals surface area (Å²) >= 11 is 0. The number of carbonyl (C=O) groups is 3. The van der Waals surface area contributed by atoms with Crippen molar-refractivity contribution in [3.05, 3.63) is 12.2 Å². The third kappa shape index (κ3) is 17.3. The number of carboxylic acids is 2. The van der Waals surface area contributed by atoms with E-state index in [1.54, 1.807) is 0 Å². The SMILES string of the molecule is CCCCCCC/C=C\CCCCCCCC(=O)N[C@@H](CC(=O)O)C(=O)O. The molecule has 0 radical (unpaired) electrons. The molecule has 0 heterocycles. The highest BCUT2D eigenvalue weighted by Crippen LogP contribution is 2.09. The van der Waals surface area contributed by atoms with Crippen LogP contribution in [0.5, 0.6) is 0 Å². The van der Waals surface area contributed by atoms with Crippen LogP contribution in [0, 0.1) is 0 Å². The molecule has 156 valence electrons. The summed E-state index contributed by atoms with van der Waals surface area (Å²) in [6.45, 7) is 2.23. The lowest BCUT2D eigenvalue weighted by Gasteiger charge is -2.12. The fourth-order valence-corrected chi connectivity index (χ4v) is 2.82. The van der Waals surface area contributed by atoms with E-state index >= 15 is 0 Å². The number of carboxylic acid groups (broad SMARTS) is 2. The summed E-state index contributed by atoms with van der Waals surface area (Å²) in [5.41, 5.74) is 0. The van der Waals surface area contributed by atoms with Crippen molar-refractivity contribution in [3.63, 3.8) is 0 Å². The average molecular weight is 384 g/mol. The minimum Gasteiger partial charge on any atom is -0.481 e. The van der Waals surface area contributed by atoms with Crippen molar-refractivity contribution in [1.29, 1.82) is 0 Å². The van der Waals surface area contributed by atoms with Crippen LogP contribution in [-0.4, -0.2) is 34.1 Å². The van der Waals surface area contributed by atoms with E-state index in [1.165, 1.54) is 38.5 Å². The van der Waals surface area contributed by atoms with Crippen molar-refractivity contribution in [1.82, 2.24) is 5.32 Å². The quantitative estimate of drug-likeness (QED) is 0.235. The molecule has 6 nitrogen and oxygen atoms in total. The number of rotatable bonds is 18. The van der Waals surface area contributed by atoms with Gasteiger partial charge in [0.25, 0.3) is 0 Å². The molecule has 0 aromatic heterocycles. The zero-order chi connectivity index (χ0) is 20.3. The predicted molar refractivity (Wildman–Crippen MR) is 107 cm³/mol. The molecule has 0 aliphatic rings. The Balaban J connectivity index is 3.53. The highest BCUT2D eigenvalue weighted by Gasteiger charge is 2.22. The normalized spacial score (nSPS) is 12.2. The number of hydrogen-bond acceptors (Lipinski definition) is 3. The molecule has 0 aromatic carbocycles. The van der Waals surface area contributed by atoms with Crippen LogP contribution in [0.3, 0.4) is 0 Å². The monoisotopic (exact) mass is 383 g/mol. The topological polar surface area (TPSA) is 104 Å². The lowest BCUT2D eigenvalue weighted by Crippen LogP contribution is -2.42. The van der Waals surface area contributed by atoms with Crippen molar-refractivity contribution in [2.75, 3.05) is 0 Å². The van der Waals surface area contributed by atoms with Crippen LogP contribution in [0.2, 0.25) is 0 Å². The summed E-state index contributed by atoms with van der Waals surface area (Å²) in [4.78, 5) is 33.1. The van der Waals surface area contributed by atoms with Gasteiger partial charge in [-0.2, -0.15) is 0 Å². The zero-order valence-corrected chi connectivity index (χ0v) is 16.8. The maximum Gasteiger partial charge on any atom is 0.326 e. The predicted octanol–water partition coefficient (Wildman–Crippen LogP) is 4.68. The molecule has 1 amide bonds. The number of amides is 1. The van der Waals surface area contributed by atoms with E-state index in [9.17, 15) is 14.4 Å². The van der Waals surface area contributed by atoms with Crippen LogP contribution >= 0.6 is 0 Å². The molecule has 0 aliphatic carbocycles. The minimum absolute atomic E-state index is 0.237. The van der Waals surface area contributed by atoms with E-state index in [2.05, 4.69) is 24.4 Å². The fourth-order valence-electron chi connectivity index (χ4n) is 2.82. The van der Waals surface area contributed by atoms with Crippen molar-refractivity contribution >= 4 is 17.8 Å². The van der Waals surface area contributed by atoms with Crippen molar-refractivity contribution in [3.8, 4) is 0 Å². The Morgan fingerprint density at radius 3 is 1.85 bits per heavy atom. The van der Waals surface area contributed by atoms with Crippen molar-refractivity contribution in [2.45, 2.75) is 103 Å². The van der Waals surface area contributed by atoms with E-state index in [1.807, 2.05) is 0 Å². The number of aliphatic carboxylic acids is 2. The summed E-state index contributed by atoms with van der Waals surface area (Å²) in [5.74, 6) is -2.96. The van der Waals surface area contributed by atoms with Crippen LogP contribution in [0.1, 0.15) is 96.8 Å². The number of hydrogen-bond donors (Lipinski definition) is 3. The Bertz CT molecular complexity index is 448. The Kier molecular flexibility index (Phi) is 16.4. The highest BCUT2D eigenvalue weighted by atomic mass is 16.4. The Hall–Kier alpha value is -1.85. The molecule has 0 aliphatic heterocycles. The van der Waals surface area contributed by atoms with Crippen LogP contribution in [0.4, 0.5) is 0 Å². The van der Waals surface area contributed by atoms with Gasteiger partial charge in [-0.3, -0.25) is 9.59 Å². The Morgan fingerprint density at radius 1 is 0.815 bits per heavy atom. The van der Waals surface area contributed by atoms with Gasteiger partial charge in [-0.15, -0.1) is 0 Å². The number of nitrogens with one attached hydrogen (secondary N) is 1. The van der Waals surface area contributed by atoms with Crippen molar-refractivity contribution < 1.29 is 24.6 Å². The van der Waals surface area contributed by atoms with Crippen LogP contribution < -0.4 is 5.32 Å². The Morgan fingerprint density at radius 2 is 1.33 bits per heavy atom. The molecule has 0 spiro atoms. The summed E-state index contributed by atoms with van der Waals surface area (Å²) in [6.07, 6.45) is 18.0. The fraction of sp³-hybridized carbons (Fsp3) is 0.762. The summed E-state index contributed by atoms with van der Waals surface area (Å²) in [6, 6.07) is -1.35. The van der Waals surface area contributed by atoms with E-state index in [0.717, 1.165) is 32.1 Å². The third-order valence-corrected chi connectivity index (χ3v) is 4.43. The molecule has 27 heavy (non-hydrogen) atoms. The second kappa shape index (κ2) is 17.6. The number of allylic oxidation sites excluding steroid dienone is 2. The van der Waals surface area contributed by atoms with Gasteiger partial charge in [0, 0.05) is 6.42 Å². The molecule has 1 atom stereocenters. The molecule has 0 saturated heterocycles. The van der Waals surface area contributed by atoms with Gasteiger partial charge in [-0.05, 0) is 32.1 Å². The molecular formula is C21H37NO5. The molecule has 0 unspecified atom stereocenters. The molecule has 3 N–H and O–H groups in total. The highest BCUT2D eigenvalue weighted by molar-refractivity contribution is 5.86. The van der Waals surface area contributed by atoms with Gasteiger partial charge in [0.15, 0.2) is 0 Å². The average Bonchev–Trinajstić information content (AvgIpc) is 2.61. The first kappa shape index (κ1) is 25.1. The molecule has 6 heteroatoms. The van der Waals surface area contributed by atoms with Gasteiger partial charge in [0.05, 0.1) is 6.42 Å². The van der Waals surface area contributed by atoms with E-state index < -0.39 is 30.3 Å². The van der Waals surface area contributed by atoms with Crippen LogP contribution in [-0.2, 0) is 14.4 Å². The molecular weight excluding hydrogens is 346 g/mol. The summed E-state index contributed by atoms with van der Waals surface area (Å²) in [7, 11) is 0. The largest absolute Gasteiger partial charge is 0.481 e. The van der Waals surface area contributed by atoms with Crippen molar-refractivity contribution in [2.24, 2.45) is 0 Å². The smallest absolute Gasteiger partial charge is 0.326 e. The number of unbranched alkanes of at least 4 members (excludes halogenated alkanes) is 10. The molecule has 0 rings (SSSR count). The molecule has 0 aromatic rings. The maximum absolute atomic E-state index is 11.7. The van der Waals surface area contributed by atoms with Gasteiger partial charge < -0.3 is 15.5 Å². The first-order chi connectivity index (χ1) is 13.0. The second-order valence-corrected chi connectivity index (χ2v) is 7.04. The first-order valence-corrected chi connectivity index (χ1v) is 10.4. The third-order valence-electron chi connectivity index (χ3n) is 4.43. The van der Waals surface area contributed by atoms with E-state index in [-0.39, 0.29) is 6.42 Å². The number of carbonyl (C=O) groups excluding carboxylic acids is 1. The first-order valence-electron chi connectivity index (χ1n) is 10.4. The lowest BCUT2D eigenvalue weighted by atomic mass is 10.1. The van der Waals surface area contributed by atoms with Gasteiger partial charge in [0.2, 0.25) is 5.91 Å². The van der Waals surface area contributed by atoms with E-state index in [0.29, 0.717) is 6.42 Å². The van der Waals surface area contributed by atoms with E-state index in [4.69, 9.17) is 10.2 Å². The summed E-state index contributed by atoms with van der Waals surface area (Å²) < 4.78 is 0. The van der Waals surface area contributed by atoms with Crippen LogP contribution in [0.25, 0.3) is 0 Å².